The van der Waals surface area contributed by atoms with Crippen LogP contribution in [0, 0.1) is 0 Å². The average molecular weight is 280 g/mol. The molecule has 0 saturated heterocycles. The van der Waals surface area contributed by atoms with Crippen molar-refractivity contribution in [2.24, 2.45) is 0 Å². The van der Waals surface area contributed by atoms with Crippen molar-refractivity contribution in [1.29, 1.82) is 0 Å². The molecule has 0 aliphatic heterocycles. The molecule has 0 bridgehead atoms. The topological polar surface area (TPSA) is 57.8 Å². The Morgan fingerprint density at radius 2 is 2.12 bits per heavy atom. The summed E-state index contributed by atoms with van der Waals surface area (Å²) in [5.41, 5.74) is 1.75. The van der Waals surface area contributed by atoms with Gasteiger partial charge in [-0.15, -0.1) is 0 Å². The van der Waals surface area contributed by atoms with Crippen molar-refractivity contribution in [2.45, 2.75) is 5.33 Å². The van der Waals surface area contributed by atoms with E-state index >= 15 is 0 Å². The van der Waals surface area contributed by atoms with E-state index in [0.717, 1.165) is 10.9 Å². The summed E-state index contributed by atoms with van der Waals surface area (Å²) in [6.07, 6.45) is 3.24. The van der Waals surface area contributed by atoms with Crippen LogP contribution in [0.25, 0.3) is 0 Å². The van der Waals surface area contributed by atoms with Gasteiger partial charge in [0.25, 0.3) is 5.91 Å². The van der Waals surface area contributed by atoms with Crippen molar-refractivity contribution in [1.82, 2.24) is 9.97 Å². The van der Waals surface area contributed by atoms with E-state index in [4.69, 9.17) is 0 Å². The maximum absolute atomic E-state index is 11.7. The highest BCUT2D eigenvalue weighted by molar-refractivity contribution is 9.08. The maximum atomic E-state index is 11.7. The third-order valence-electron chi connectivity index (χ3n) is 2.10. The van der Waals surface area contributed by atoms with Gasteiger partial charge in [-0.2, -0.15) is 0 Å². The first-order valence-corrected chi connectivity index (χ1v) is 5.87. The third-order valence-corrected chi connectivity index (χ3v) is 2.75. The fourth-order valence-electron chi connectivity index (χ4n) is 1.26. The summed E-state index contributed by atoms with van der Waals surface area (Å²) < 4.78 is 0. The molecule has 0 spiro atoms. The van der Waals surface area contributed by atoms with Crippen molar-refractivity contribution in [3.8, 4) is 0 Å². The van der Waals surface area contributed by atoms with Gasteiger partial charge in [0.2, 0.25) is 5.95 Å². The molecule has 4 nitrogen and oxygen atoms in total. The number of carbonyl (C=O) groups is 1. The number of aromatic amines is 1. The number of aromatic nitrogens is 2. The molecule has 0 atom stereocenters. The van der Waals surface area contributed by atoms with Gasteiger partial charge in [0.1, 0.15) is 0 Å². The molecule has 0 unspecified atom stereocenters. The van der Waals surface area contributed by atoms with Gasteiger partial charge in [0.15, 0.2) is 0 Å². The molecule has 2 aromatic rings. The number of alkyl halides is 1. The standard InChI is InChI=1S/C11H10BrN3O/c12-7-8-1-3-9(4-2-8)10(16)15-11-13-5-6-14-11/h1-6H,7H2,(H2,13,14,15,16). The zero-order valence-corrected chi connectivity index (χ0v) is 9.99. The molecular formula is C11H10BrN3O. The highest BCUT2D eigenvalue weighted by atomic mass is 79.9. The van der Waals surface area contributed by atoms with Gasteiger partial charge in [0, 0.05) is 23.3 Å². The molecule has 1 heterocycles. The Balaban J connectivity index is 2.09. The number of nitrogens with one attached hydrogen (secondary N) is 2. The van der Waals surface area contributed by atoms with E-state index in [0.29, 0.717) is 11.5 Å². The van der Waals surface area contributed by atoms with Crippen LogP contribution < -0.4 is 5.32 Å². The van der Waals surface area contributed by atoms with Crippen molar-refractivity contribution >= 4 is 27.8 Å². The lowest BCUT2D eigenvalue weighted by Crippen LogP contribution is -2.12. The maximum Gasteiger partial charge on any atom is 0.257 e. The zero-order chi connectivity index (χ0) is 11.4. The molecule has 5 heteroatoms. The largest absolute Gasteiger partial charge is 0.331 e. The third kappa shape index (κ3) is 2.49. The monoisotopic (exact) mass is 279 g/mol. The molecule has 0 saturated carbocycles. The van der Waals surface area contributed by atoms with Gasteiger partial charge < -0.3 is 4.98 Å². The molecule has 1 aromatic carbocycles. The quantitative estimate of drug-likeness (QED) is 0.849. The summed E-state index contributed by atoms with van der Waals surface area (Å²) in [6, 6.07) is 7.39. The fourth-order valence-corrected chi connectivity index (χ4v) is 1.63. The number of amides is 1. The Kier molecular flexibility index (Phi) is 3.36. The number of hydrogen-bond donors (Lipinski definition) is 2. The van der Waals surface area contributed by atoms with Crippen LogP contribution in [-0.4, -0.2) is 15.9 Å². The molecule has 16 heavy (non-hydrogen) atoms. The van der Waals surface area contributed by atoms with E-state index in [1.54, 1.807) is 24.5 Å². The first kappa shape index (κ1) is 10.9. The smallest absolute Gasteiger partial charge is 0.257 e. The Morgan fingerprint density at radius 3 is 2.69 bits per heavy atom. The highest BCUT2D eigenvalue weighted by Gasteiger charge is 2.06. The second-order valence-electron chi connectivity index (χ2n) is 3.22. The number of carbonyl (C=O) groups excluding carboxylic acids is 1. The summed E-state index contributed by atoms with van der Waals surface area (Å²) in [4.78, 5) is 18.5. The second kappa shape index (κ2) is 4.94. The van der Waals surface area contributed by atoms with Crippen LogP contribution in [0.15, 0.2) is 36.7 Å². The van der Waals surface area contributed by atoms with Gasteiger partial charge in [-0.25, -0.2) is 4.98 Å². The predicted molar refractivity (Wildman–Crippen MR) is 65.6 cm³/mol. The Labute approximate surface area is 101 Å². The van der Waals surface area contributed by atoms with Crippen LogP contribution in [0.4, 0.5) is 5.95 Å². The number of rotatable bonds is 3. The summed E-state index contributed by atoms with van der Waals surface area (Å²) in [6.45, 7) is 0. The van der Waals surface area contributed by atoms with Crippen LogP contribution in [0.3, 0.4) is 0 Å². The molecule has 1 aromatic heterocycles. The van der Waals surface area contributed by atoms with Crippen LogP contribution in [0.2, 0.25) is 0 Å². The van der Waals surface area contributed by atoms with E-state index in [-0.39, 0.29) is 5.91 Å². The van der Waals surface area contributed by atoms with Crippen molar-refractivity contribution < 1.29 is 4.79 Å². The molecule has 82 valence electrons. The van der Waals surface area contributed by atoms with Crippen LogP contribution in [0.1, 0.15) is 15.9 Å². The molecule has 0 radical (unpaired) electrons. The lowest BCUT2D eigenvalue weighted by Gasteiger charge is -2.02. The van der Waals surface area contributed by atoms with Gasteiger partial charge >= 0.3 is 0 Å². The fraction of sp³-hybridized carbons (Fsp3) is 0.0909. The average Bonchev–Trinajstić information content (AvgIpc) is 2.82. The highest BCUT2D eigenvalue weighted by Crippen LogP contribution is 2.09. The van der Waals surface area contributed by atoms with E-state index in [2.05, 4.69) is 31.2 Å². The van der Waals surface area contributed by atoms with Crippen molar-refractivity contribution in [3.05, 3.63) is 47.8 Å². The minimum atomic E-state index is -0.170. The lowest BCUT2D eigenvalue weighted by atomic mass is 10.1. The van der Waals surface area contributed by atoms with Crippen LogP contribution in [0.5, 0.6) is 0 Å². The first-order valence-electron chi connectivity index (χ1n) is 4.75. The number of anilines is 1. The molecule has 1 amide bonds. The molecular weight excluding hydrogens is 270 g/mol. The summed E-state index contributed by atoms with van der Waals surface area (Å²) >= 11 is 3.35. The van der Waals surface area contributed by atoms with Gasteiger partial charge in [0.05, 0.1) is 0 Å². The normalized spacial score (nSPS) is 10.1. The minimum Gasteiger partial charge on any atom is -0.331 e. The Morgan fingerprint density at radius 1 is 1.38 bits per heavy atom. The molecule has 2 N–H and O–H groups in total. The Hall–Kier alpha value is -1.62. The molecule has 2 rings (SSSR count). The number of imidazole rings is 1. The minimum absolute atomic E-state index is 0.170. The molecule has 0 aliphatic rings. The number of H-pyrrole nitrogens is 1. The van der Waals surface area contributed by atoms with Crippen LogP contribution in [-0.2, 0) is 5.33 Å². The SMILES string of the molecule is O=C(Nc1ncc[nH]1)c1ccc(CBr)cc1. The van der Waals surface area contributed by atoms with Crippen molar-refractivity contribution in [3.63, 3.8) is 0 Å². The molecule has 0 fully saturated rings. The predicted octanol–water partition coefficient (Wildman–Crippen LogP) is 2.56. The summed E-state index contributed by atoms with van der Waals surface area (Å²) in [5, 5.41) is 3.44. The number of halogens is 1. The van der Waals surface area contributed by atoms with Crippen LogP contribution >= 0.6 is 15.9 Å². The second-order valence-corrected chi connectivity index (χ2v) is 3.78. The van der Waals surface area contributed by atoms with Gasteiger partial charge in [-0.05, 0) is 17.7 Å². The Bertz CT molecular complexity index is 464. The number of nitrogens with zero attached hydrogens (tertiary/aromatic N) is 1. The zero-order valence-electron chi connectivity index (χ0n) is 8.40. The lowest BCUT2D eigenvalue weighted by molar-refractivity contribution is 0.102. The van der Waals surface area contributed by atoms with E-state index in [9.17, 15) is 4.79 Å². The summed E-state index contributed by atoms with van der Waals surface area (Å²) in [7, 11) is 0. The van der Waals surface area contributed by atoms with E-state index < -0.39 is 0 Å². The van der Waals surface area contributed by atoms with E-state index in [1.165, 1.54) is 0 Å². The molecule has 0 aliphatic carbocycles. The van der Waals surface area contributed by atoms with Gasteiger partial charge in [-0.3, -0.25) is 10.1 Å². The van der Waals surface area contributed by atoms with Crippen molar-refractivity contribution in [2.75, 3.05) is 5.32 Å². The first-order chi connectivity index (χ1) is 7.79. The number of hydrogen-bond acceptors (Lipinski definition) is 2. The summed E-state index contributed by atoms with van der Waals surface area (Å²) in [5.74, 6) is 0.283. The van der Waals surface area contributed by atoms with E-state index in [1.807, 2.05) is 12.1 Å². The van der Waals surface area contributed by atoms with Gasteiger partial charge in [-0.1, -0.05) is 28.1 Å². The number of benzene rings is 1.